The van der Waals surface area contributed by atoms with Gasteiger partial charge in [-0.05, 0) is 11.1 Å². The van der Waals surface area contributed by atoms with Crippen molar-refractivity contribution in [2.24, 2.45) is 0 Å². The standard InChI is InChI=1S/C16H15N3O/c17-11-15(14-9-5-2-6-10-14)19-16(20)18-12-13-7-3-1-4-8-13/h1-10,15H,12H2,(H2,18,19,20). The molecule has 0 saturated heterocycles. The summed E-state index contributed by atoms with van der Waals surface area (Å²) < 4.78 is 0. The Morgan fingerprint density at radius 1 is 1.05 bits per heavy atom. The zero-order valence-electron chi connectivity index (χ0n) is 10.9. The summed E-state index contributed by atoms with van der Waals surface area (Å²) in [7, 11) is 0. The molecular weight excluding hydrogens is 250 g/mol. The third-order valence-corrected chi connectivity index (χ3v) is 2.83. The highest BCUT2D eigenvalue weighted by Gasteiger charge is 2.12. The number of urea groups is 1. The second-order valence-electron chi connectivity index (χ2n) is 4.29. The van der Waals surface area contributed by atoms with Crippen LogP contribution in [0, 0.1) is 11.3 Å². The molecule has 2 aromatic carbocycles. The number of nitrogens with one attached hydrogen (secondary N) is 2. The molecule has 20 heavy (non-hydrogen) atoms. The Morgan fingerprint density at radius 3 is 2.25 bits per heavy atom. The molecule has 0 aliphatic carbocycles. The van der Waals surface area contributed by atoms with Gasteiger partial charge in [0.05, 0.1) is 6.07 Å². The lowest BCUT2D eigenvalue weighted by Gasteiger charge is -2.12. The van der Waals surface area contributed by atoms with Crippen LogP contribution in [-0.4, -0.2) is 6.03 Å². The van der Waals surface area contributed by atoms with Gasteiger partial charge in [-0.1, -0.05) is 60.7 Å². The van der Waals surface area contributed by atoms with Crippen LogP contribution in [0.15, 0.2) is 60.7 Å². The van der Waals surface area contributed by atoms with Gasteiger partial charge in [0.15, 0.2) is 0 Å². The number of hydrogen-bond donors (Lipinski definition) is 2. The molecule has 0 spiro atoms. The van der Waals surface area contributed by atoms with Crippen molar-refractivity contribution in [2.75, 3.05) is 0 Å². The van der Waals surface area contributed by atoms with E-state index >= 15 is 0 Å². The van der Waals surface area contributed by atoms with Crippen molar-refractivity contribution in [3.05, 3.63) is 71.8 Å². The number of carbonyl (C=O) groups is 1. The van der Waals surface area contributed by atoms with Gasteiger partial charge in [0.1, 0.15) is 6.04 Å². The normalized spacial score (nSPS) is 11.2. The van der Waals surface area contributed by atoms with Crippen LogP contribution in [0.3, 0.4) is 0 Å². The van der Waals surface area contributed by atoms with Gasteiger partial charge in [-0.3, -0.25) is 0 Å². The monoisotopic (exact) mass is 265 g/mol. The number of amides is 2. The van der Waals surface area contributed by atoms with Crippen molar-refractivity contribution in [3.63, 3.8) is 0 Å². The number of rotatable bonds is 4. The lowest BCUT2D eigenvalue weighted by molar-refractivity contribution is 0.239. The SMILES string of the molecule is N#CC(NC(=O)NCc1ccccc1)c1ccccc1. The fraction of sp³-hybridized carbons (Fsp3) is 0.125. The molecule has 0 aromatic heterocycles. The molecule has 100 valence electrons. The third-order valence-electron chi connectivity index (χ3n) is 2.83. The Morgan fingerprint density at radius 2 is 1.65 bits per heavy atom. The van der Waals surface area contributed by atoms with Crippen LogP contribution >= 0.6 is 0 Å². The predicted octanol–water partition coefficient (Wildman–Crippen LogP) is 2.75. The van der Waals surface area contributed by atoms with Gasteiger partial charge >= 0.3 is 6.03 Å². The van der Waals surface area contributed by atoms with Crippen molar-refractivity contribution in [1.82, 2.24) is 10.6 Å². The Balaban J connectivity index is 1.89. The first-order valence-electron chi connectivity index (χ1n) is 6.32. The molecule has 1 atom stereocenters. The minimum Gasteiger partial charge on any atom is -0.334 e. The summed E-state index contributed by atoms with van der Waals surface area (Å²) in [5.74, 6) is 0. The first kappa shape index (κ1) is 13.6. The molecule has 1 unspecified atom stereocenters. The van der Waals surface area contributed by atoms with E-state index < -0.39 is 6.04 Å². The highest BCUT2D eigenvalue weighted by molar-refractivity contribution is 5.74. The van der Waals surface area contributed by atoms with E-state index in [0.29, 0.717) is 6.54 Å². The molecule has 2 aromatic rings. The number of nitrogens with zero attached hydrogens (tertiary/aromatic N) is 1. The van der Waals surface area contributed by atoms with Crippen molar-refractivity contribution in [3.8, 4) is 6.07 Å². The van der Waals surface area contributed by atoms with E-state index in [9.17, 15) is 4.79 Å². The average molecular weight is 265 g/mol. The van der Waals surface area contributed by atoms with Gasteiger partial charge in [0.25, 0.3) is 0 Å². The quantitative estimate of drug-likeness (QED) is 0.892. The minimum absolute atomic E-state index is 0.357. The lowest BCUT2D eigenvalue weighted by atomic mass is 10.1. The van der Waals surface area contributed by atoms with Crippen molar-refractivity contribution < 1.29 is 4.79 Å². The van der Waals surface area contributed by atoms with Gasteiger partial charge < -0.3 is 10.6 Å². The lowest BCUT2D eigenvalue weighted by Crippen LogP contribution is -2.37. The maximum atomic E-state index is 11.8. The van der Waals surface area contributed by atoms with Crippen LogP contribution < -0.4 is 10.6 Å². The van der Waals surface area contributed by atoms with Crippen LogP contribution in [0.2, 0.25) is 0 Å². The van der Waals surface area contributed by atoms with Crippen LogP contribution in [-0.2, 0) is 6.54 Å². The van der Waals surface area contributed by atoms with Crippen LogP contribution in [0.4, 0.5) is 4.79 Å². The molecule has 2 N–H and O–H groups in total. The molecule has 4 nitrogen and oxygen atoms in total. The fourth-order valence-corrected chi connectivity index (χ4v) is 1.80. The van der Waals surface area contributed by atoms with E-state index in [1.165, 1.54) is 0 Å². The highest BCUT2D eigenvalue weighted by Crippen LogP contribution is 2.10. The summed E-state index contributed by atoms with van der Waals surface area (Å²) in [6, 6.07) is 19.8. The van der Waals surface area contributed by atoms with E-state index in [4.69, 9.17) is 5.26 Å². The summed E-state index contributed by atoms with van der Waals surface area (Å²) in [5.41, 5.74) is 1.78. The summed E-state index contributed by atoms with van der Waals surface area (Å²) in [4.78, 5) is 11.8. The largest absolute Gasteiger partial charge is 0.334 e. The maximum absolute atomic E-state index is 11.8. The molecule has 0 radical (unpaired) electrons. The van der Waals surface area contributed by atoms with Crippen LogP contribution in [0.25, 0.3) is 0 Å². The predicted molar refractivity (Wildman–Crippen MR) is 76.6 cm³/mol. The maximum Gasteiger partial charge on any atom is 0.316 e. The fourth-order valence-electron chi connectivity index (χ4n) is 1.80. The molecule has 0 saturated carbocycles. The van der Waals surface area contributed by atoms with Crippen molar-refractivity contribution in [2.45, 2.75) is 12.6 Å². The molecular formula is C16H15N3O. The van der Waals surface area contributed by atoms with E-state index in [0.717, 1.165) is 11.1 Å². The van der Waals surface area contributed by atoms with Crippen molar-refractivity contribution in [1.29, 1.82) is 5.26 Å². The second kappa shape index (κ2) is 6.95. The Hall–Kier alpha value is -2.80. The van der Waals surface area contributed by atoms with Gasteiger partial charge in [0.2, 0.25) is 0 Å². The molecule has 2 rings (SSSR count). The first-order chi connectivity index (χ1) is 9.79. The van der Waals surface area contributed by atoms with Gasteiger partial charge in [-0.2, -0.15) is 5.26 Å². The van der Waals surface area contributed by atoms with Gasteiger partial charge in [0, 0.05) is 6.54 Å². The highest BCUT2D eigenvalue weighted by atomic mass is 16.2. The summed E-state index contributed by atoms with van der Waals surface area (Å²) >= 11 is 0. The third kappa shape index (κ3) is 3.85. The van der Waals surface area contributed by atoms with Crippen molar-refractivity contribution >= 4 is 6.03 Å². The molecule has 2 amide bonds. The van der Waals surface area contributed by atoms with Crippen LogP contribution in [0.5, 0.6) is 0 Å². The van der Waals surface area contributed by atoms with Gasteiger partial charge in [-0.15, -0.1) is 0 Å². The molecule has 0 aliphatic heterocycles. The van der Waals surface area contributed by atoms with E-state index in [-0.39, 0.29) is 6.03 Å². The summed E-state index contributed by atoms with van der Waals surface area (Å²) in [5, 5.41) is 14.5. The van der Waals surface area contributed by atoms with E-state index in [1.54, 1.807) is 0 Å². The summed E-state index contributed by atoms with van der Waals surface area (Å²) in [6.07, 6.45) is 0. The topological polar surface area (TPSA) is 64.9 Å². The molecule has 0 aliphatic rings. The number of benzene rings is 2. The zero-order chi connectivity index (χ0) is 14.2. The molecule has 0 fully saturated rings. The number of hydrogen-bond acceptors (Lipinski definition) is 2. The zero-order valence-corrected chi connectivity index (χ0v) is 10.9. The minimum atomic E-state index is -0.646. The van der Waals surface area contributed by atoms with Gasteiger partial charge in [-0.25, -0.2) is 4.79 Å². The molecule has 0 bridgehead atoms. The number of carbonyl (C=O) groups excluding carboxylic acids is 1. The number of nitriles is 1. The molecule has 0 heterocycles. The van der Waals surface area contributed by atoms with E-state index in [1.807, 2.05) is 60.7 Å². The second-order valence-corrected chi connectivity index (χ2v) is 4.29. The average Bonchev–Trinajstić information content (AvgIpc) is 2.52. The van der Waals surface area contributed by atoms with Crippen LogP contribution in [0.1, 0.15) is 17.2 Å². The first-order valence-corrected chi connectivity index (χ1v) is 6.32. The smallest absolute Gasteiger partial charge is 0.316 e. The summed E-state index contributed by atoms with van der Waals surface area (Å²) in [6.45, 7) is 0.430. The Labute approximate surface area is 118 Å². The Bertz CT molecular complexity index is 590. The van der Waals surface area contributed by atoms with E-state index in [2.05, 4.69) is 16.7 Å². The molecule has 4 heteroatoms. The Kier molecular flexibility index (Phi) is 4.74.